The molecular weight excluding hydrogens is 188 g/mol. The van der Waals surface area contributed by atoms with Crippen LogP contribution in [0.3, 0.4) is 0 Å². The lowest BCUT2D eigenvalue weighted by atomic mass is 10.0. The highest BCUT2D eigenvalue weighted by atomic mass is 16.3. The van der Waals surface area contributed by atoms with Crippen LogP contribution in [0, 0.1) is 0 Å². The Kier molecular flexibility index (Phi) is 2.50. The molecule has 0 fully saturated rings. The van der Waals surface area contributed by atoms with E-state index in [1.165, 1.54) is 6.07 Å². The fourth-order valence-electron chi connectivity index (χ4n) is 1.42. The fourth-order valence-corrected chi connectivity index (χ4v) is 1.42. The van der Waals surface area contributed by atoms with Gasteiger partial charge in [-0.1, -0.05) is 36.4 Å². The monoisotopic (exact) mass is 196 g/mol. The molecule has 0 bridgehead atoms. The Balaban J connectivity index is 2.51. The van der Waals surface area contributed by atoms with Crippen LogP contribution in [0.4, 0.5) is 0 Å². The highest BCUT2D eigenvalue weighted by Crippen LogP contribution is 2.24. The number of carbonyl (C=O) groups excluding carboxylic acids is 1. The zero-order chi connectivity index (χ0) is 10.7. The highest BCUT2D eigenvalue weighted by molar-refractivity contribution is 5.83. The quantitative estimate of drug-likeness (QED) is 0.727. The lowest BCUT2D eigenvalue weighted by Crippen LogP contribution is -1.83. The summed E-state index contributed by atoms with van der Waals surface area (Å²) in [6, 6.07) is 14.2. The Morgan fingerprint density at radius 1 is 0.867 bits per heavy atom. The third-order valence-electron chi connectivity index (χ3n) is 2.20. The summed E-state index contributed by atoms with van der Waals surface area (Å²) in [4.78, 5) is 10.5. The molecule has 0 saturated carbocycles. The predicted octanol–water partition coefficient (Wildman–Crippen LogP) is 2.96. The molecule has 0 aromatic heterocycles. The van der Waals surface area contributed by atoms with Crippen LogP contribution in [0.15, 0.2) is 48.5 Å². The topological polar surface area (TPSA) is 37.0 Å². The summed E-state index contributed by atoms with van der Waals surface area (Å²) < 4.78 is 0. The largest absolute Gasteiger partial charge is 0.289 e. The Hall–Kier alpha value is -2.09. The minimum Gasteiger partial charge on any atom is -0.289 e. The Morgan fingerprint density at radius 3 is 2.27 bits per heavy atom. The Bertz CT molecular complexity index is 475. The SMILES string of the molecule is [O]c1ccc(-c2ccccc2)cc1[C]=O. The lowest BCUT2D eigenvalue weighted by Gasteiger charge is -2.01. The van der Waals surface area contributed by atoms with E-state index in [0.717, 1.165) is 11.1 Å². The van der Waals surface area contributed by atoms with E-state index >= 15 is 0 Å². The van der Waals surface area contributed by atoms with Gasteiger partial charge in [-0.2, -0.15) is 0 Å². The molecule has 0 aliphatic rings. The van der Waals surface area contributed by atoms with Crippen LogP contribution in [0.1, 0.15) is 5.56 Å². The van der Waals surface area contributed by atoms with Gasteiger partial charge in [0, 0.05) is 0 Å². The van der Waals surface area contributed by atoms with E-state index in [-0.39, 0.29) is 11.3 Å². The van der Waals surface area contributed by atoms with Gasteiger partial charge in [0.2, 0.25) is 6.29 Å². The predicted molar refractivity (Wildman–Crippen MR) is 56.8 cm³/mol. The molecule has 2 aromatic carbocycles. The molecule has 0 N–H and O–H groups in total. The van der Waals surface area contributed by atoms with Crippen molar-refractivity contribution in [3.05, 3.63) is 54.1 Å². The van der Waals surface area contributed by atoms with Crippen LogP contribution in [0.2, 0.25) is 0 Å². The zero-order valence-corrected chi connectivity index (χ0v) is 7.94. The van der Waals surface area contributed by atoms with E-state index in [4.69, 9.17) is 0 Å². The molecule has 2 aromatic rings. The maximum absolute atomic E-state index is 11.2. The Morgan fingerprint density at radius 2 is 1.60 bits per heavy atom. The van der Waals surface area contributed by atoms with Gasteiger partial charge in [0.1, 0.15) is 0 Å². The van der Waals surface area contributed by atoms with Crippen molar-refractivity contribution in [2.24, 2.45) is 0 Å². The number of rotatable bonds is 2. The molecular formula is C13H8O2. The van der Waals surface area contributed by atoms with Crippen molar-refractivity contribution in [3.63, 3.8) is 0 Å². The molecule has 0 unspecified atom stereocenters. The van der Waals surface area contributed by atoms with Crippen LogP contribution in [-0.2, 0) is 9.90 Å². The van der Waals surface area contributed by atoms with Gasteiger partial charge in [-0.25, -0.2) is 0 Å². The van der Waals surface area contributed by atoms with E-state index in [1.54, 1.807) is 18.4 Å². The summed E-state index contributed by atoms with van der Waals surface area (Å²) in [6.45, 7) is 0. The second kappa shape index (κ2) is 3.96. The van der Waals surface area contributed by atoms with Crippen molar-refractivity contribution in [1.29, 1.82) is 0 Å². The summed E-state index contributed by atoms with van der Waals surface area (Å²) in [6.07, 6.45) is 1.64. The minimum atomic E-state index is -0.287. The van der Waals surface area contributed by atoms with Crippen molar-refractivity contribution in [2.75, 3.05) is 0 Å². The number of hydrogen-bond donors (Lipinski definition) is 0. The molecule has 2 rings (SSSR count). The average molecular weight is 196 g/mol. The molecule has 0 aliphatic carbocycles. The Labute approximate surface area is 87.8 Å². The third kappa shape index (κ3) is 1.89. The van der Waals surface area contributed by atoms with Crippen LogP contribution in [0.25, 0.3) is 11.1 Å². The molecule has 2 nitrogen and oxygen atoms in total. The number of hydrogen-bond acceptors (Lipinski definition) is 1. The first-order chi connectivity index (χ1) is 7.31. The van der Waals surface area contributed by atoms with Crippen molar-refractivity contribution in [1.82, 2.24) is 0 Å². The molecule has 0 saturated heterocycles. The van der Waals surface area contributed by atoms with Crippen LogP contribution in [-0.4, -0.2) is 6.29 Å². The standard InChI is InChI=1S/C13H8O2/c14-9-12-8-11(6-7-13(12)15)10-4-2-1-3-5-10/h1-8H. The van der Waals surface area contributed by atoms with Gasteiger partial charge in [-0.3, -0.25) is 9.90 Å². The van der Waals surface area contributed by atoms with E-state index in [9.17, 15) is 9.90 Å². The van der Waals surface area contributed by atoms with E-state index in [0.29, 0.717) is 0 Å². The lowest BCUT2D eigenvalue weighted by molar-refractivity contribution is 0.353. The van der Waals surface area contributed by atoms with Crippen LogP contribution in [0.5, 0.6) is 5.75 Å². The summed E-state index contributed by atoms with van der Waals surface area (Å²) in [5.74, 6) is -0.287. The molecule has 2 radical (unpaired) electrons. The first-order valence-corrected chi connectivity index (χ1v) is 4.56. The second-order valence-corrected chi connectivity index (χ2v) is 3.18. The summed E-state index contributed by atoms with van der Waals surface area (Å²) in [5.41, 5.74) is 1.92. The summed E-state index contributed by atoms with van der Waals surface area (Å²) >= 11 is 0. The first-order valence-electron chi connectivity index (χ1n) is 4.56. The second-order valence-electron chi connectivity index (χ2n) is 3.18. The molecule has 0 heterocycles. The van der Waals surface area contributed by atoms with E-state index in [2.05, 4.69) is 0 Å². The molecule has 15 heavy (non-hydrogen) atoms. The fraction of sp³-hybridized carbons (Fsp3) is 0. The zero-order valence-electron chi connectivity index (χ0n) is 7.94. The van der Waals surface area contributed by atoms with Crippen molar-refractivity contribution in [3.8, 4) is 16.9 Å². The molecule has 0 spiro atoms. The van der Waals surface area contributed by atoms with Crippen molar-refractivity contribution in [2.45, 2.75) is 0 Å². The van der Waals surface area contributed by atoms with E-state index < -0.39 is 0 Å². The first kappa shape index (κ1) is 9.46. The van der Waals surface area contributed by atoms with Gasteiger partial charge in [0.25, 0.3) is 0 Å². The third-order valence-corrected chi connectivity index (χ3v) is 2.20. The molecule has 72 valence electrons. The van der Waals surface area contributed by atoms with Gasteiger partial charge in [-0.05, 0) is 23.3 Å². The molecule has 0 atom stereocenters. The summed E-state index contributed by atoms with van der Waals surface area (Å²) in [5, 5.41) is 11.2. The molecule has 0 aliphatic heterocycles. The average Bonchev–Trinajstić information content (AvgIpc) is 2.31. The maximum Gasteiger partial charge on any atom is 0.237 e. The molecule has 2 heteroatoms. The smallest absolute Gasteiger partial charge is 0.237 e. The van der Waals surface area contributed by atoms with Gasteiger partial charge in [0.15, 0.2) is 5.75 Å². The van der Waals surface area contributed by atoms with E-state index in [1.807, 2.05) is 30.3 Å². The normalized spacial score (nSPS) is 9.87. The van der Waals surface area contributed by atoms with Gasteiger partial charge >= 0.3 is 0 Å². The van der Waals surface area contributed by atoms with Gasteiger partial charge < -0.3 is 0 Å². The maximum atomic E-state index is 11.2. The highest BCUT2D eigenvalue weighted by Gasteiger charge is 2.05. The van der Waals surface area contributed by atoms with Gasteiger partial charge in [0.05, 0.1) is 5.56 Å². The van der Waals surface area contributed by atoms with Crippen LogP contribution >= 0.6 is 0 Å². The summed E-state index contributed by atoms with van der Waals surface area (Å²) in [7, 11) is 0. The van der Waals surface area contributed by atoms with Crippen molar-refractivity contribution < 1.29 is 9.90 Å². The number of benzene rings is 2. The molecule has 0 amide bonds. The van der Waals surface area contributed by atoms with Crippen LogP contribution < -0.4 is 0 Å². The van der Waals surface area contributed by atoms with Gasteiger partial charge in [-0.15, -0.1) is 0 Å². The van der Waals surface area contributed by atoms with Crippen molar-refractivity contribution >= 4 is 6.29 Å². The minimum absolute atomic E-state index is 0.0800.